The Labute approximate surface area is 203 Å². The third kappa shape index (κ3) is 5.40. The van der Waals surface area contributed by atoms with E-state index in [9.17, 15) is 0 Å². The molecule has 172 valence electrons. The third-order valence-corrected chi connectivity index (χ3v) is 5.86. The Morgan fingerprint density at radius 2 is 1.24 bits per heavy atom. The summed E-state index contributed by atoms with van der Waals surface area (Å²) in [6, 6.07) is 33.3. The Morgan fingerprint density at radius 1 is 0.647 bits per heavy atom. The van der Waals surface area contributed by atoms with Gasteiger partial charge < -0.3 is 9.47 Å². The maximum atomic E-state index is 6.44. The standard InChI is InChI=1S/C32H32O2/c1-32(2,3)29-20-12-18-27(31(29)34-23-24-13-7-5-8-14-24)22-21-26-17-11-19-28(30(26)33-4)25-15-9-6-10-16-25/h5-22H,23H2,1-4H3. The van der Waals surface area contributed by atoms with E-state index in [0.717, 1.165) is 39.3 Å². The second-order valence-electron chi connectivity index (χ2n) is 9.38. The van der Waals surface area contributed by atoms with Crippen molar-refractivity contribution < 1.29 is 9.47 Å². The van der Waals surface area contributed by atoms with Crippen LogP contribution >= 0.6 is 0 Å². The molecule has 0 bridgehead atoms. The van der Waals surface area contributed by atoms with Crippen LogP contribution in [-0.2, 0) is 12.0 Å². The van der Waals surface area contributed by atoms with Crippen LogP contribution in [0, 0.1) is 0 Å². The molecule has 0 saturated heterocycles. The Bertz CT molecular complexity index is 1250. The van der Waals surface area contributed by atoms with Crippen molar-refractivity contribution in [1.82, 2.24) is 0 Å². The van der Waals surface area contributed by atoms with Crippen LogP contribution < -0.4 is 9.47 Å². The number of hydrogen-bond acceptors (Lipinski definition) is 2. The minimum Gasteiger partial charge on any atom is -0.495 e. The Hall–Kier alpha value is -3.78. The van der Waals surface area contributed by atoms with Crippen LogP contribution in [0.2, 0.25) is 0 Å². The molecule has 0 aromatic heterocycles. The number of ether oxygens (including phenoxy) is 2. The maximum absolute atomic E-state index is 6.44. The van der Waals surface area contributed by atoms with Gasteiger partial charge in [0.05, 0.1) is 7.11 Å². The van der Waals surface area contributed by atoms with Gasteiger partial charge in [0.25, 0.3) is 0 Å². The highest BCUT2D eigenvalue weighted by Gasteiger charge is 2.21. The van der Waals surface area contributed by atoms with Crippen molar-refractivity contribution in [3.63, 3.8) is 0 Å². The lowest BCUT2D eigenvalue weighted by Crippen LogP contribution is -2.14. The van der Waals surface area contributed by atoms with Crippen LogP contribution in [0.1, 0.15) is 43.0 Å². The molecule has 0 radical (unpaired) electrons. The number of para-hydroxylation sites is 2. The Balaban J connectivity index is 1.72. The zero-order chi connectivity index (χ0) is 24.0. The Kier molecular flexibility index (Phi) is 7.18. The zero-order valence-corrected chi connectivity index (χ0v) is 20.4. The number of methoxy groups -OCH3 is 1. The lowest BCUT2D eigenvalue weighted by atomic mass is 9.85. The predicted octanol–water partition coefficient (Wildman–Crippen LogP) is 8.41. The van der Waals surface area contributed by atoms with Gasteiger partial charge in [0.2, 0.25) is 0 Å². The first-order chi connectivity index (χ1) is 16.5. The van der Waals surface area contributed by atoms with Crippen LogP contribution in [-0.4, -0.2) is 7.11 Å². The minimum atomic E-state index is -0.0409. The van der Waals surface area contributed by atoms with Crippen molar-refractivity contribution in [3.8, 4) is 22.6 Å². The second-order valence-corrected chi connectivity index (χ2v) is 9.38. The molecule has 4 rings (SSSR count). The maximum Gasteiger partial charge on any atom is 0.133 e. The van der Waals surface area contributed by atoms with E-state index in [1.807, 2.05) is 36.4 Å². The summed E-state index contributed by atoms with van der Waals surface area (Å²) in [5, 5.41) is 0. The molecule has 0 aliphatic heterocycles. The molecule has 4 aromatic rings. The summed E-state index contributed by atoms with van der Waals surface area (Å²) < 4.78 is 12.3. The van der Waals surface area contributed by atoms with E-state index in [0.29, 0.717) is 6.61 Å². The largest absolute Gasteiger partial charge is 0.495 e. The Morgan fingerprint density at radius 3 is 1.85 bits per heavy atom. The molecule has 0 atom stereocenters. The first-order valence-electron chi connectivity index (χ1n) is 11.7. The molecule has 4 aromatic carbocycles. The number of rotatable bonds is 7. The van der Waals surface area contributed by atoms with Crippen molar-refractivity contribution in [2.45, 2.75) is 32.8 Å². The fraction of sp³-hybridized carbons (Fsp3) is 0.188. The second kappa shape index (κ2) is 10.4. The summed E-state index contributed by atoms with van der Waals surface area (Å²) in [4.78, 5) is 0. The molecule has 0 spiro atoms. The summed E-state index contributed by atoms with van der Waals surface area (Å²) in [5.74, 6) is 1.79. The summed E-state index contributed by atoms with van der Waals surface area (Å²) in [7, 11) is 1.73. The van der Waals surface area contributed by atoms with Crippen molar-refractivity contribution >= 4 is 12.2 Å². The normalized spacial score (nSPS) is 11.5. The van der Waals surface area contributed by atoms with Gasteiger partial charge in [-0.2, -0.15) is 0 Å². The first kappa shape index (κ1) is 23.4. The highest BCUT2D eigenvalue weighted by atomic mass is 16.5. The fourth-order valence-corrected chi connectivity index (χ4v) is 4.11. The topological polar surface area (TPSA) is 18.5 Å². The van der Waals surface area contributed by atoms with Gasteiger partial charge in [-0.25, -0.2) is 0 Å². The van der Waals surface area contributed by atoms with Crippen molar-refractivity contribution in [1.29, 1.82) is 0 Å². The summed E-state index contributed by atoms with van der Waals surface area (Å²) in [5.41, 5.74) is 6.59. The molecule has 2 nitrogen and oxygen atoms in total. The van der Waals surface area contributed by atoms with E-state index in [1.165, 1.54) is 5.56 Å². The van der Waals surface area contributed by atoms with Crippen molar-refractivity contribution in [2.75, 3.05) is 7.11 Å². The monoisotopic (exact) mass is 448 g/mol. The molecule has 0 N–H and O–H groups in total. The minimum absolute atomic E-state index is 0.0409. The van der Waals surface area contributed by atoms with Gasteiger partial charge in [-0.3, -0.25) is 0 Å². The average molecular weight is 449 g/mol. The molecule has 0 aliphatic rings. The van der Waals surface area contributed by atoms with E-state index >= 15 is 0 Å². The highest BCUT2D eigenvalue weighted by Crippen LogP contribution is 2.37. The van der Waals surface area contributed by atoms with Gasteiger partial charge in [0, 0.05) is 22.3 Å². The third-order valence-electron chi connectivity index (χ3n) is 5.86. The smallest absolute Gasteiger partial charge is 0.133 e. The van der Waals surface area contributed by atoms with Crippen LogP contribution in [0.25, 0.3) is 23.3 Å². The zero-order valence-electron chi connectivity index (χ0n) is 20.4. The molecule has 0 amide bonds. The molecule has 0 fully saturated rings. The number of hydrogen-bond donors (Lipinski definition) is 0. The van der Waals surface area contributed by atoms with Crippen LogP contribution in [0.5, 0.6) is 11.5 Å². The molecule has 0 heterocycles. The van der Waals surface area contributed by atoms with Gasteiger partial charge in [-0.1, -0.05) is 130 Å². The fourth-order valence-electron chi connectivity index (χ4n) is 4.11. The van der Waals surface area contributed by atoms with Crippen LogP contribution in [0.3, 0.4) is 0 Å². The summed E-state index contributed by atoms with van der Waals surface area (Å²) in [6.07, 6.45) is 4.24. The molecule has 2 heteroatoms. The molecular weight excluding hydrogens is 416 g/mol. The highest BCUT2D eigenvalue weighted by molar-refractivity contribution is 5.81. The van der Waals surface area contributed by atoms with Crippen LogP contribution in [0.4, 0.5) is 0 Å². The number of benzene rings is 4. The van der Waals surface area contributed by atoms with Crippen molar-refractivity contribution in [3.05, 3.63) is 119 Å². The predicted molar refractivity (Wildman–Crippen MR) is 143 cm³/mol. The van der Waals surface area contributed by atoms with E-state index in [1.54, 1.807) is 7.11 Å². The van der Waals surface area contributed by atoms with Gasteiger partial charge in [-0.05, 0) is 16.5 Å². The van der Waals surface area contributed by atoms with E-state index in [-0.39, 0.29) is 5.41 Å². The van der Waals surface area contributed by atoms with Crippen molar-refractivity contribution in [2.24, 2.45) is 0 Å². The van der Waals surface area contributed by atoms with Crippen LogP contribution in [0.15, 0.2) is 97.1 Å². The molecule has 0 aliphatic carbocycles. The molecular formula is C32H32O2. The SMILES string of the molecule is COc1c(C=Cc2cccc(C(C)(C)C)c2OCc2ccccc2)cccc1-c1ccccc1. The van der Waals surface area contributed by atoms with E-state index in [4.69, 9.17) is 9.47 Å². The summed E-state index contributed by atoms with van der Waals surface area (Å²) in [6.45, 7) is 7.19. The first-order valence-corrected chi connectivity index (χ1v) is 11.7. The molecule has 0 unspecified atom stereocenters. The molecule has 34 heavy (non-hydrogen) atoms. The van der Waals surface area contributed by atoms with E-state index in [2.05, 4.69) is 93.6 Å². The average Bonchev–Trinajstić information content (AvgIpc) is 2.86. The van der Waals surface area contributed by atoms with Gasteiger partial charge in [-0.15, -0.1) is 0 Å². The van der Waals surface area contributed by atoms with Gasteiger partial charge in [0.1, 0.15) is 18.1 Å². The lowest BCUT2D eigenvalue weighted by molar-refractivity contribution is 0.297. The summed E-state index contributed by atoms with van der Waals surface area (Å²) >= 11 is 0. The molecule has 0 saturated carbocycles. The van der Waals surface area contributed by atoms with E-state index < -0.39 is 0 Å². The van der Waals surface area contributed by atoms with Gasteiger partial charge >= 0.3 is 0 Å². The quantitative estimate of drug-likeness (QED) is 0.264. The van der Waals surface area contributed by atoms with Gasteiger partial charge in [0.15, 0.2) is 0 Å². The lowest BCUT2D eigenvalue weighted by Gasteiger charge is -2.24.